The first-order chi connectivity index (χ1) is 10.1. The van der Waals surface area contributed by atoms with Gasteiger partial charge < -0.3 is 0 Å². The molecule has 1 aromatic rings. The normalized spacial score (nSPS) is 13.8. The van der Waals surface area contributed by atoms with Gasteiger partial charge in [-0.25, -0.2) is 0 Å². The van der Waals surface area contributed by atoms with Crippen LogP contribution in [0.3, 0.4) is 0 Å². The zero-order valence-corrected chi connectivity index (χ0v) is 14.1. The third-order valence-corrected chi connectivity index (χ3v) is 5.00. The first kappa shape index (κ1) is 17.3. The van der Waals surface area contributed by atoms with Crippen LogP contribution in [0.4, 0.5) is 0 Å². The van der Waals surface area contributed by atoms with E-state index >= 15 is 0 Å². The largest absolute Gasteiger partial charge is 0.166 e. The van der Waals surface area contributed by atoms with Gasteiger partial charge in [-0.05, 0) is 44.2 Å². The fraction of sp³-hybridized carbons (Fsp3) is 0.200. The zero-order valence-electron chi connectivity index (χ0n) is 13.3. The molecule has 0 fully saturated rings. The second-order valence-electron chi connectivity index (χ2n) is 4.88. The van der Waals surface area contributed by atoms with Gasteiger partial charge in [-0.3, -0.25) is 0 Å². The maximum absolute atomic E-state index is 4.27. The van der Waals surface area contributed by atoms with E-state index in [4.69, 9.17) is 0 Å². The minimum atomic E-state index is -0.110. The van der Waals surface area contributed by atoms with Crippen molar-refractivity contribution in [2.45, 2.75) is 32.1 Å². The summed E-state index contributed by atoms with van der Waals surface area (Å²) in [5.41, 5.74) is 1.04. The quantitative estimate of drug-likeness (QED) is 0.416. The van der Waals surface area contributed by atoms with Gasteiger partial charge in [-0.15, -0.1) is 0 Å². The van der Waals surface area contributed by atoms with Crippen LogP contribution in [0, 0.1) is 0 Å². The summed E-state index contributed by atoms with van der Waals surface area (Å²) >= 11 is 0. The van der Waals surface area contributed by atoms with E-state index in [2.05, 4.69) is 75.6 Å². The minimum absolute atomic E-state index is 0.110. The lowest BCUT2D eigenvalue weighted by Gasteiger charge is -2.07. The zero-order chi connectivity index (χ0) is 15.7. The Hall–Kier alpha value is -1.73. The molecule has 0 aliphatic carbocycles. The number of benzene rings is 1. The highest BCUT2D eigenvalue weighted by molar-refractivity contribution is 8.04. The summed E-state index contributed by atoms with van der Waals surface area (Å²) in [6.45, 7) is 14.5. The van der Waals surface area contributed by atoms with Gasteiger partial charge in [0.05, 0.1) is 10.9 Å². The SMILES string of the molecule is C=C(C)/C=C\C(=C)[S+](/C(C)=C/C=C\CC)c1ccccc1. The van der Waals surface area contributed by atoms with Crippen LogP contribution in [-0.2, 0) is 10.9 Å². The van der Waals surface area contributed by atoms with Gasteiger partial charge in [0.15, 0.2) is 9.80 Å². The molecule has 0 aromatic heterocycles. The fourth-order valence-electron chi connectivity index (χ4n) is 1.81. The second-order valence-corrected chi connectivity index (χ2v) is 7.13. The van der Waals surface area contributed by atoms with Crippen LogP contribution in [0.15, 0.2) is 94.1 Å². The van der Waals surface area contributed by atoms with Gasteiger partial charge in [0, 0.05) is 6.92 Å². The highest BCUT2D eigenvalue weighted by Crippen LogP contribution is 2.29. The van der Waals surface area contributed by atoms with Crippen molar-refractivity contribution in [3.05, 3.63) is 89.3 Å². The minimum Gasteiger partial charge on any atom is -0.0961 e. The van der Waals surface area contributed by atoms with Crippen molar-refractivity contribution in [1.29, 1.82) is 0 Å². The van der Waals surface area contributed by atoms with Crippen LogP contribution in [0.2, 0.25) is 0 Å². The van der Waals surface area contributed by atoms with Gasteiger partial charge in [-0.1, -0.05) is 55.5 Å². The third kappa shape index (κ3) is 6.05. The van der Waals surface area contributed by atoms with Crippen LogP contribution in [0.1, 0.15) is 27.2 Å². The van der Waals surface area contributed by atoms with Crippen molar-refractivity contribution in [2.24, 2.45) is 0 Å². The maximum Gasteiger partial charge on any atom is 0.166 e. The van der Waals surface area contributed by atoms with Crippen LogP contribution < -0.4 is 0 Å². The molecule has 1 rings (SSSR count). The van der Waals surface area contributed by atoms with E-state index in [1.54, 1.807) is 0 Å². The molecule has 1 aromatic carbocycles. The Morgan fingerprint density at radius 1 is 1.10 bits per heavy atom. The molecule has 0 N–H and O–H groups in total. The molecule has 0 saturated carbocycles. The highest BCUT2D eigenvalue weighted by Gasteiger charge is 2.27. The summed E-state index contributed by atoms with van der Waals surface area (Å²) in [6.07, 6.45) is 11.7. The number of hydrogen-bond donors (Lipinski definition) is 0. The van der Waals surface area contributed by atoms with Crippen molar-refractivity contribution in [3.8, 4) is 0 Å². The number of rotatable bonds is 7. The molecule has 0 radical (unpaired) electrons. The van der Waals surface area contributed by atoms with Gasteiger partial charge in [-0.2, -0.15) is 0 Å². The lowest BCUT2D eigenvalue weighted by Crippen LogP contribution is -2.05. The number of hydrogen-bond acceptors (Lipinski definition) is 0. The lowest BCUT2D eigenvalue weighted by atomic mass is 10.3. The van der Waals surface area contributed by atoms with E-state index in [1.807, 2.05) is 19.1 Å². The number of allylic oxidation sites excluding steroid dienone is 7. The van der Waals surface area contributed by atoms with E-state index in [-0.39, 0.29) is 10.9 Å². The molecule has 0 amide bonds. The average Bonchev–Trinajstić information content (AvgIpc) is 2.47. The van der Waals surface area contributed by atoms with Crippen LogP contribution in [-0.4, -0.2) is 0 Å². The summed E-state index contributed by atoms with van der Waals surface area (Å²) < 4.78 is 0. The maximum atomic E-state index is 4.27. The van der Waals surface area contributed by atoms with E-state index < -0.39 is 0 Å². The predicted octanol–water partition coefficient (Wildman–Crippen LogP) is 6.18. The van der Waals surface area contributed by atoms with E-state index in [0.717, 1.165) is 16.9 Å². The second kappa shape index (κ2) is 9.25. The van der Waals surface area contributed by atoms with Crippen molar-refractivity contribution in [3.63, 3.8) is 0 Å². The molecule has 0 aliphatic rings. The summed E-state index contributed by atoms with van der Waals surface area (Å²) in [5, 5.41) is 0. The van der Waals surface area contributed by atoms with Crippen molar-refractivity contribution in [2.75, 3.05) is 0 Å². The molecular weight excluding hydrogens is 272 g/mol. The van der Waals surface area contributed by atoms with E-state index in [1.165, 1.54) is 9.80 Å². The molecule has 0 saturated heterocycles. The van der Waals surface area contributed by atoms with Crippen molar-refractivity contribution < 1.29 is 0 Å². The molecule has 0 heterocycles. The molecule has 0 aliphatic heterocycles. The summed E-state index contributed by atoms with van der Waals surface area (Å²) in [5.74, 6) is 0. The average molecular weight is 297 g/mol. The molecule has 0 nitrogen and oxygen atoms in total. The summed E-state index contributed by atoms with van der Waals surface area (Å²) in [4.78, 5) is 3.73. The van der Waals surface area contributed by atoms with E-state index in [9.17, 15) is 0 Å². The molecule has 1 heteroatoms. The highest BCUT2D eigenvalue weighted by atomic mass is 32.2. The fourth-order valence-corrected chi connectivity index (χ4v) is 3.75. The Morgan fingerprint density at radius 3 is 2.33 bits per heavy atom. The van der Waals surface area contributed by atoms with Gasteiger partial charge in [0.2, 0.25) is 0 Å². The van der Waals surface area contributed by atoms with E-state index in [0.29, 0.717) is 0 Å². The molecule has 0 bridgehead atoms. The smallest absolute Gasteiger partial charge is 0.0961 e. The Balaban J connectivity index is 3.12. The Morgan fingerprint density at radius 2 is 1.76 bits per heavy atom. The van der Waals surface area contributed by atoms with Crippen LogP contribution in [0.5, 0.6) is 0 Å². The summed E-state index contributed by atoms with van der Waals surface area (Å²) in [6, 6.07) is 10.6. The first-order valence-electron chi connectivity index (χ1n) is 7.21. The summed E-state index contributed by atoms with van der Waals surface area (Å²) in [7, 11) is -0.110. The molecule has 21 heavy (non-hydrogen) atoms. The van der Waals surface area contributed by atoms with Crippen LogP contribution >= 0.6 is 0 Å². The predicted molar refractivity (Wildman–Crippen MR) is 98.4 cm³/mol. The molecule has 1 atom stereocenters. The van der Waals surface area contributed by atoms with Gasteiger partial charge in [0.25, 0.3) is 0 Å². The first-order valence-corrected chi connectivity index (χ1v) is 8.44. The Kier molecular flexibility index (Phi) is 7.63. The van der Waals surface area contributed by atoms with Gasteiger partial charge >= 0.3 is 0 Å². The topological polar surface area (TPSA) is 0 Å². The third-order valence-electron chi connectivity index (χ3n) is 2.82. The molecule has 0 spiro atoms. The lowest BCUT2D eigenvalue weighted by molar-refractivity contribution is 1.22. The Bertz CT molecular complexity index is 559. The Labute approximate surface area is 132 Å². The molecule has 1 unspecified atom stereocenters. The van der Waals surface area contributed by atoms with Crippen molar-refractivity contribution >= 4 is 10.9 Å². The standard InChI is InChI=1S/C20H25S/c1-6-7-9-12-18(4)21(19(5)16-15-17(2)3)20-13-10-8-11-14-20/h7-16H,2,5-6H2,1,3-4H3/q+1/b9-7-,16-15-,18-12+. The van der Waals surface area contributed by atoms with Crippen LogP contribution in [0.25, 0.3) is 0 Å². The molecular formula is C20H25S+. The molecule has 110 valence electrons. The monoisotopic (exact) mass is 297 g/mol. The van der Waals surface area contributed by atoms with Crippen molar-refractivity contribution in [1.82, 2.24) is 0 Å². The van der Waals surface area contributed by atoms with Gasteiger partial charge in [0.1, 0.15) is 4.91 Å².